The molecular weight excluding hydrogens is 307 g/mol. The molecule has 1 fully saturated rings. The summed E-state index contributed by atoms with van der Waals surface area (Å²) in [6.07, 6.45) is 0.0492. The van der Waals surface area contributed by atoms with Crippen LogP contribution in [0.5, 0.6) is 0 Å². The quantitative estimate of drug-likeness (QED) is 0.794. The predicted molar refractivity (Wildman–Crippen MR) is 71.2 cm³/mol. The molecule has 106 valence electrons. The summed E-state index contributed by atoms with van der Waals surface area (Å²) in [5, 5.41) is 8.64. The summed E-state index contributed by atoms with van der Waals surface area (Å²) in [6, 6.07) is 5.52. The summed E-state index contributed by atoms with van der Waals surface area (Å²) in [7, 11) is 1.49. The molecule has 1 atom stereocenters. The van der Waals surface area contributed by atoms with Crippen molar-refractivity contribution in [1.82, 2.24) is 0 Å². The highest BCUT2D eigenvalue weighted by atomic mass is 35.7. The van der Waals surface area contributed by atoms with Gasteiger partial charge in [-0.2, -0.15) is 5.26 Å². The summed E-state index contributed by atoms with van der Waals surface area (Å²) in [5.41, 5.74) is 0.196. The molecule has 1 aliphatic heterocycles. The Morgan fingerprint density at radius 1 is 1.50 bits per heavy atom. The Hall–Kier alpha value is -1.65. The lowest BCUT2D eigenvalue weighted by Gasteiger charge is -2.16. The molecule has 0 bridgehead atoms. The second kappa shape index (κ2) is 5.38. The molecule has 0 aromatic heterocycles. The maximum absolute atomic E-state index is 13.5. The molecule has 1 heterocycles. The van der Waals surface area contributed by atoms with E-state index in [9.17, 15) is 17.6 Å². The fourth-order valence-electron chi connectivity index (χ4n) is 2.19. The minimum absolute atomic E-state index is 0.0492. The van der Waals surface area contributed by atoms with E-state index in [2.05, 4.69) is 0 Å². The number of nitrogens with zero attached hydrogens (tertiary/aromatic N) is 2. The highest BCUT2D eigenvalue weighted by molar-refractivity contribution is 8.13. The Balaban J connectivity index is 2.20. The number of anilines is 1. The molecule has 1 aliphatic rings. The van der Waals surface area contributed by atoms with Crippen molar-refractivity contribution in [2.75, 3.05) is 17.2 Å². The summed E-state index contributed by atoms with van der Waals surface area (Å²) in [5.74, 6) is -1.72. The normalized spacial score (nSPS) is 19.1. The standard InChI is InChI=1S/C12H10ClFN2O3S/c13-20(18,19)7-8-3-12(17)16(6-8)10-2-1-9(5-15)11(14)4-10/h1-2,4,8H,3,6-7H2. The van der Waals surface area contributed by atoms with E-state index >= 15 is 0 Å². The first-order valence-electron chi connectivity index (χ1n) is 5.72. The van der Waals surface area contributed by atoms with E-state index in [1.54, 1.807) is 6.07 Å². The molecular formula is C12H10ClFN2O3S. The van der Waals surface area contributed by atoms with Gasteiger partial charge in [-0.25, -0.2) is 12.8 Å². The van der Waals surface area contributed by atoms with Gasteiger partial charge in [0.1, 0.15) is 11.9 Å². The fraction of sp³-hybridized carbons (Fsp3) is 0.333. The Morgan fingerprint density at radius 2 is 2.20 bits per heavy atom. The Labute approximate surface area is 120 Å². The zero-order valence-electron chi connectivity index (χ0n) is 10.2. The van der Waals surface area contributed by atoms with Crippen molar-refractivity contribution in [1.29, 1.82) is 5.26 Å². The van der Waals surface area contributed by atoms with Crippen molar-refractivity contribution in [3.8, 4) is 6.07 Å². The van der Waals surface area contributed by atoms with Crippen LogP contribution in [0, 0.1) is 23.1 Å². The van der Waals surface area contributed by atoms with E-state index in [1.807, 2.05) is 0 Å². The molecule has 8 heteroatoms. The molecule has 0 radical (unpaired) electrons. The van der Waals surface area contributed by atoms with Gasteiger partial charge in [-0.05, 0) is 18.2 Å². The number of carbonyl (C=O) groups is 1. The van der Waals surface area contributed by atoms with Crippen LogP contribution in [0.1, 0.15) is 12.0 Å². The van der Waals surface area contributed by atoms with Crippen LogP contribution < -0.4 is 4.90 Å². The van der Waals surface area contributed by atoms with Gasteiger partial charge in [0, 0.05) is 35.3 Å². The van der Waals surface area contributed by atoms with Crippen molar-refractivity contribution in [3.63, 3.8) is 0 Å². The average Bonchev–Trinajstić information content (AvgIpc) is 2.67. The van der Waals surface area contributed by atoms with Crippen LogP contribution in [0.4, 0.5) is 10.1 Å². The van der Waals surface area contributed by atoms with Gasteiger partial charge in [-0.3, -0.25) is 4.79 Å². The number of nitriles is 1. The Kier molecular flexibility index (Phi) is 3.97. The van der Waals surface area contributed by atoms with Gasteiger partial charge in [-0.1, -0.05) is 0 Å². The van der Waals surface area contributed by atoms with Gasteiger partial charge in [0.15, 0.2) is 0 Å². The van der Waals surface area contributed by atoms with Crippen LogP contribution in [-0.4, -0.2) is 26.6 Å². The fourth-order valence-corrected chi connectivity index (χ4v) is 3.51. The van der Waals surface area contributed by atoms with Crippen molar-refractivity contribution in [2.24, 2.45) is 5.92 Å². The lowest BCUT2D eigenvalue weighted by molar-refractivity contribution is -0.117. The number of rotatable bonds is 3. The first-order valence-corrected chi connectivity index (χ1v) is 8.20. The third-order valence-corrected chi connectivity index (χ3v) is 4.27. The smallest absolute Gasteiger partial charge is 0.232 e. The SMILES string of the molecule is N#Cc1ccc(N2CC(CS(=O)(=O)Cl)CC2=O)cc1F. The van der Waals surface area contributed by atoms with Crippen molar-refractivity contribution in [2.45, 2.75) is 6.42 Å². The number of carbonyl (C=O) groups excluding carboxylic acids is 1. The molecule has 1 saturated heterocycles. The molecule has 1 unspecified atom stereocenters. The summed E-state index contributed by atoms with van der Waals surface area (Å²) < 4.78 is 35.6. The van der Waals surface area contributed by atoms with Crippen LogP contribution in [0.3, 0.4) is 0 Å². The molecule has 1 aromatic rings. The van der Waals surface area contributed by atoms with Gasteiger partial charge >= 0.3 is 0 Å². The highest BCUT2D eigenvalue weighted by Gasteiger charge is 2.33. The summed E-state index contributed by atoms with van der Waals surface area (Å²) in [4.78, 5) is 13.1. The molecule has 0 N–H and O–H groups in total. The number of amides is 1. The van der Waals surface area contributed by atoms with Crippen molar-refractivity contribution < 1.29 is 17.6 Å². The molecule has 20 heavy (non-hydrogen) atoms. The van der Waals surface area contributed by atoms with Crippen LogP contribution in [0.25, 0.3) is 0 Å². The van der Waals surface area contributed by atoms with E-state index in [0.29, 0.717) is 5.69 Å². The summed E-state index contributed by atoms with van der Waals surface area (Å²) >= 11 is 0. The van der Waals surface area contributed by atoms with Gasteiger partial charge in [0.25, 0.3) is 0 Å². The largest absolute Gasteiger partial charge is 0.312 e. The van der Waals surface area contributed by atoms with Gasteiger partial charge in [0.05, 0.1) is 11.3 Å². The average molecular weight is 317 g/mol. The zero-order chi connectivity index (χ0) is 14.9. The van der Waals surface area contributed by atoms with Crippen LogP contribution in [0.2, 0.25) is 0 Å². The van der Waals surface area contributed by atoms with E-state index in [1.165, 1.54) is 17.0 Å². The van der Waals surface area contributed by atoms with Crippen LogP contribution in [0.15, 0.2) is 18.2 Å². The molecule has 0 spiro atoms. The number of hydrogen-bond donors (Lipinski definition) is 0. The monoisotopic (exact) mass is 316 g/mol. The third kappa shape index (κ3) is 3.26. The first kappa shape index (κ1) is 14.8. The predicted octanol–water partition coefficient (Wildman–Crippen LogP) is 1.62. The number of hydrogen-bond acceptors (Lipinski definition) is 4. The second-order valence-electron chi connectivity index (χ2n) is 4.56. The highest BCUT2D eigenvalue weighted by Crippen LogP contribution is 2.27. The van der Waals surface area contributed by atoms with E-state index in [-0.39, 0.29) is 30.2 Å². The Bertz CT molecular complexity index is 699. The maximum atomic E-state index is 13.5. The summed E-state index contributed by atoms with van der Waals surface area (Å²) in [6.45, 7) is 0.163. The van der Waals surface area contributed by atoms with Crippen molar-refractivity contribution in [3.05, 3.63) is 29.6 Å². The zero-order valence-corrected chi connectivity index (χ0v) is 11.8. The molecule has 1 aromatic carbocycles. The van der Waals surface area contributed by atoms with Gasteiger partial charge in [0.2, 0.25) is 15.0 Å². The van der Waals surface area contributed by atoms with E-state index in [4.69, 9.17) is 15.9 Å². The topological polar surface area (TPSA) is 78.2 Å². The lowest BCUT2D eigenvalue weighted by Crippen LogP contribution is -2.25. The van der Waals surface area contributed by atoms with Gasteiger partial charge in [-0.15, -0.1) is 0 Å². The molecule has 5 nitrogen and oxygen atoms in total. The first-order chi connectivity index (χ1) is 9.30. The van der Waals surface area contributed by atoms with E-state index in [0.717, 1.165) is 6.07 Å². The minimum Gasteiger partial charge on any atom is -0.312 e. The van der Waals surface area contributed by atoms with E-state index < -0.39 is 20.8 Å². The molecule has 1 amide bonds. The van der Waals surface area contributed by atoms with Gasteiger partial charge < -0.3 is 4.90 Å². The molecule has 0 aliphatic carbocycles. The molecule has 2 rings (SSSR count). The third-order valence-electron chi connectivity index (χ3n) is 3.02. The molecule has 0 saturated carbocycles. The second-order valence-corrected chi connectivity index (χ2v) is 7.38. The van der Waals surface area contributed by atoms with Crippen LogP contribution in [-0.2, 0) is 13.8 Å². The maximum Gasteiger partial charge on any atom is 0.232 e. The number of halogens is 2. The minimum atomic E-state index is -3.68. The van der Waals surface area contributed by atoms with Crippen molar-refractivity contribution >= 4 is 31.3 Å². The Morgan fingerprint density at radius 3 is 2.75 bits per heavy atom. The number of benzene rings is 1. The lowest BCUT2D eigenvalue weighted by atomic mass is 10.1. The van der Waals surface area contributed by atoms with Crippen LogP contribution >= 0.6 is 10.7 Å².